The molecule has 2 heteroatoms. The average molecular weight is 186 g/mol. The molecule has 0 aliphatic heterocycles. The molecule has 0 spiro atoms. The number of esters is 1. The van der Waals surface area contributed by atoms with Crippen LogP contribution in [0.5, 0.6) is 0 Å². The molecule has 78 valence electrons. The quantitative estimate of drug-likeness (QED) is 0.617. The molecule has 0 aliphatic rings. The van der Waals surface area contributed by atoms with E-state index in [-0.39, 0.29) is 11.4 Å². The minimum atomic E-state index is -0.283. The van der Waals surface area contributed by atoms with Crippen molar-refractivity contribution in [2.75, 3.05) is 6.61 Å². The van der Waals surface area contributed by atoms with E-state index in [2.05, 4.69) is 0 Å². The van der Waals surface area contributed by atoms with Gasteiger partial charge in [-0.2, -0.15) is 0 Å². The van der Waals surface area contributed by atoms with Gasteiger partial charge in [0, 0.05) is 0 Å². The molecule has 0 heterocycles. The van der Waals surface area contributed by atoms with Crippen LogP contribution in [-0.4, -0.2) is 12.6 Å². The van der Waals surface area contributed by atoms with Crippen LogP contribution in [0.3, 0.4) is 0 Å². The lowest BCUT2D eigenvalue weighted by Crippen LogP contribution is -2.29. The first kappa shape index (κ1) is 12.5. The summed E-state index contributed by atoms with van der Waals surface area (Å²) in [5.41, 5.74) is -0.283. The number of carbonyl (C=O) groups is 1. The Balaban J connectivity index is 4.07. The van der Waals surface area contributed by atoms with E-state index in [9.17, 15) is 4.79 Å². The molecule has 0 radical (unpaired) electrons. The predicted octanol–water partition coefficient (Wildman–Crippen LogP) is 3.01. The first-order valence-electron chi connectivity index (χ1n) is 5.13. The van der Waals surface area contributed by atoms with E-state index in [4.69, 9.17) is 4.74 Å². The molecule has 0 saturated carbocycles. The molecule has 2 nitrogen and oxygen atoms in total. The number of ether oxygens (including phenoxy) is 1. The van der Waals surface area contributed by atoms with Crippen molar-refractivity contribution in [1.29, 1.82) is 0 Å². The third kappa shape index (κ3) is 3.79. The van der Waals surface area contributed by atoms with E-state index < -0.39 is 0 Å². The summed E-state index contributed by atoms with van der Waals surface area (Å²) in [6, 6.07) is 0. The molecule has 0 aromatic carbocycles. The largest absolute Gasteiger partial charge is 0.465 e. The van der Waals surface area contributed by atoms with Crippen molar-refractivity contribution in [3.05, 3.63) is 0 Å². The Labute approximate surface area is 81.7 Å². The number of hydrogen-bond acceptors (Lipinski definition) is 2. The molecular weight excluding hydrogens is 164 g/mol. The van der Waals surface area contributed by atoms with Gasteiger partial charge in [0.2, 0.25) is 0 Å². The molecule has 0 bridgehead atoms. The van der Waals surface area contributed by atoms with Gasteiger partial charge in [0.25, 0.3) is 0 Å². The van der Waals surface area contributed by atoms with Gasteiger partial charge in [-0.25, -0.2) is 0 Å². The summed E-state index contributed by atoms with van der Waals surface area (Å²) in [7, 11) is 0. The van der Waals surface area contributed by atoms with Gasteiger partial charge < -0.3 is 4.74 Å². The smallest absolute Gasteiger partial charge is 0.311 e. The van der Waals surface area contributed by atoms with Crippen molar-refractivity contribution >= 4 is 5.97 Å². The minimum absolute atomic E-state index is 0.0498. The summed E-state index contributed by atoms with van der Waals surface area (Å²) < 4.78 is 5.21. The molecule has 0 atom stereocenters. The Hall–Kier alpha value is -0.530. The molecule has 0 aliphatic carbocycles. The van der Waals surface area contributed by atoms with Crippen molar-refractivity contribution in [3.63, 3.8) is 0 Å². The van der Waals surface area contributed by atoms with Crippen LogP contribution in [0, 0.1) is 11.3 Å². The third-order valence-corrected chi connectivity index (χ3v) is 2.60. The summed E-state index contributed by atoms with van der Waals surface area (Å²) >= 11 is 0. The molecule has 0 fully saturated rings. The van der Waals surface area contributed by atoms with Crippen molar-refractivity contribution in [1.82, 2.24) is 0 Å². The molecule has 13 heavy (non-hydrogen) atoms. The fourth-order valence-corrected chi connectivity index (χ4v) is 0.955. The Bertz CT molecular complexity index is 157. The summed E-state index contributed by atoms with van der Waals surface area (Å²) in [5, 5.41) is 0. The Morgan fingerprint density at radius 1 is 1.31 bits per heavy atom. The number of hydrogen-bond donors (Lipinski definition) is 0. The van der Waals surface area contributed by atoms with Crippen LogP contribution in [0.4, 0.5) is 0 Å². The van der Waals surface area contributed by atoms with Gasteiger partial charge in [-0.15, -0.1) is 0 Å². The van der Waals surface area contributed by atoms with E-state index >= 15 is 0 Å². The van der Waals surface area contributed by atoms with E-state index in [0.717, 1.165) is 12.8 Å². The van der Waals surface area contributed by atoms with Crippen LogP contribution >= 0.6 is 0 Å². The van der Waals surface area contributed by atoms with Crippen LogP contribution in [0.1, 0.15) is 47.5 Å². The second kappa shape index (κ2) is 5.25. The molecule has 0 unspecified atom stereocenters. The maximum Gasteiger partial charge on any atom is 0.311 e. The maximum absolute atomic E-state index is 11.6. The van der Waals surface area contributed by atoms with Gasteiger partial charge >= 0.3 is 5.97 Å². The number of carbonyl (C=O) groups excluding carboxylic acids is 1. The topological polar surface area (TPSA) is 26.3 Å². The molecule has 0 aromatic rings. The van der Waals surface area contributed by atoms with Crippen LogP contribution < -0.4 is 0 Å². The normalized spacial score (nSPS) is 11.8. The monoisotopic (exact) mass is 186 g/mol. The van der Waals surface area contributed by atoms with Crippen LogP contribution in [0.15, 0.2) is 0 Å². The Morgan fingerprint density at radius 3 is 2.08 bits per heavy atom. The third-order valence-electron chi connectivity index (χ3n) is 2.60. The van der Waals surface area contributed by atoms with Gasteiger partial charge in [0.05, 0.1) is 12.0 Å². The van der Waals surface area contributed by atoms with E-state index in [0.29, 0.717) is 12.5 Å². The van der Waals surface area contributed by atoms with Crippen molar-refractivity contribution in [2.45, 2.75) is 47.5 Å². The highest BCUT2D eigenvalue weighted by molar-refractivity contribution is 5.76. The van der Waals surface area contributed by atoms with Gasteiger partial charge in [0.15, 0.2) is 0 Å². The lowest BCUT2D eigenvalue weighted by atomic mass is 9.85. The maximum atomic E-state index is 11.6. The zero-order valence-corrected chi connectivity index (χ0v) is 9.52. The van der Waals surface area contributed by atoms with E-state index in [1.807, 2.05) is 34.6 Å². The van der Waals surface area contributed by atoms with Gasteiger partial charge in [0.1, 0.15) is 0 Å². The van der Waals surface area contributed by atoms with Crippen molar-refractivity contribution in [2.24, 2.45) is 11.3 Å². The molecule has 0 aromatic heterocycles. The fraction of sp³-hybridized carbons (Fsp3) is 0.909. The Kier molecular flexibility index (Phi) is 5.04. The summed E-state index contributed by atoms with van der Waals surface area (Å²) in [6.07, 6.45) is 1.70. The van der Waals surface area contributed by atoms with Gasteiger partial charge in [-0.1, -0.05) is 27.7 Å². The van der Waals surface area contributed by atoms with Crippen molar-refractivity contribution < 1.29 is 9.53 Å². The summed E-state index contributed by atoms with van der Waals surface area (Å²) in [6.45, 7) is 10.6. The highest BCUT2D eigenvalue weighted by atomic mass is 16.5. The molecule has 0 saturated heterocycles. The highest BCUT2D eigenvalue weighted by Crippen LogP contribution is 2.27. The lowest BCUT2D eigenvalue weighted by molar-refractivity contribution is -0.156. The zero-order chi connectivity index (χ0) is 10.5. The van der Waals surface area contributed by atoms with Crippen molar-refractivity contribution in [3.8, 4) is 0 Å². The first-order chi connectivity index (χ1) is 5.96. The molecule has 0 amide bonds. The Morgan fingerprint density at radius 2 is 1.77 bits per heavy atom. The van der Waals surface area contributed by atoms with Gasteiger partial charge in [-0.05, 0) is 25.7 Å². The fourth-order valence-electron chi connectivity index (χ4n) is 0.955. The lowest BCUT2D eigenvalue weighted by Gasteiger charge is -2.24. The molecule has 0 N–H and O–H groups in total. The minimum Gasteiger partial charge on any atom is -0.465 e. The van der Waals surface area contributed by atoms with Crippen LogP contribution in [-0.2, 0) is 9.53 Å². The predicted molar refractivity (Wildman–Crippen MR) is 54.5 cm³/mol. The number of rotatable bonds is 5. The standard InChI is InChI=1S/C11H22O2/c1-6-11(5,7-2)10(12)13-8-9(3)4/h9H,6-8H2,1-5H3. The SMILES string of the molecule is CCC(C)(CC)C(=O)OCC(C)C. The second-order valence-corrected chi connectivity index (χ2v) is 4.26. The van der Waals surface area contributed by atoms with Crippen LogP contribution in [0.2, 0.25) is 0 Å². The van der Waals surface area contributed by atoms with E-state index in [1.54, 1.807) is 0 Å². The van der Waals surface area contributed by atoms with Crippen LogP contribution in [0.25, 0.3) is 0 Å². The average Bonchev–Trinajstić information content (AvgIpc) is 2.12. The summed E-state index contributed by atoms with van der Waals surface area (Å²) in [5.74, 6) is 0.369. The summed E-state index contributed by atoms with van der Waals surface area (Å²) in [4.78, 5) is 11.6. The van der Waals surface area contributed by atoms with E-state index in [1.165, 1.54) is 0 Å². The molecular formula is C11H22O2. The highest BCUT2D eigenvalue weighted by Gasteiger charge is 2.30. The second-order valence-electron chi connectivity index (χ2n) is 4.26. The zero-order valence-electron chi connectivity index (χ0n) is 9.52. The first-order valence-corrected chi connectivity index (χ1v) is 5.13. The van der Waals surface area contributed by atoms with Gasteiger partial charge in [-0.3, -0.25) is 4.79 Å². The molecule has 0 rings (SSSR count).